The lowest BCUT2D eigenvalue weighted by atomic mass is 9.77. The molecule has 2 aliphatic carbocycles. The van der Waals surface area contributed by atoms with E-state index in [9.17, 15) is 0 Å². The average Bonchev–Trinajstić information content (AvgIpc) is 3.20. The van der Waals surface area contributed by atoms with Crippen molar-refractivity contribution in [2.24, 2.45) is 5.92 Å². The molecule has 1 saturated heterocycles. The molecule has 3 unspecified atom stereocenters. The van der Waals surface area contributed by atoms with Gasteiger partial charge in [-0.1, -0.05) is 24.3 Å². The fourth-order valence-electron chi connectivity index (χ4n) is 3.97. The van der Waals surface area contributed by atoms with E-state index in [1.54, 1.807) is 11.1 Å². The summed E-state index contributed by atoms with van der Waals surface area (Å²) in [6.45, 7) is 6.05. The van der Waals surface area contributed by atoms with Gasteiger partial charge in [-0.05, 0) is 43.2 Å². The van der Waals surface area contributed by atoms with Crippen molar-refractivity contribution >= 4 is 0 Å². The largest absolute Gasteiger partial charge is 0.311 e. The second-order valence-corrected chi connectivity index (χ2v) is 6.77. The minimum Gasteiger partial charge on any atom is -0.311 e. The first-order chi connectivity index (χ1) is 9.31. The third-order valence-corrected chi connectivity index (χ3v) is 5.24. The Morgan fingerprint density at radius 2 is 2.11 bits per heavy atom. The topological polar surface area (TPSA) is 15.3 Å². The summed E-state index contributed by atoms with van der Waals surface area (Å²) < 4.78 is 0. The highest BCUT2D eigenvalue weighted by molar-refractivity contribution is 5.40. The lowest BCUT2D eigenvalue weighted by molar-refractivity contribution is 0.109. The van der Waals surface area contributed by atoms with Crippen molar-refractivity contribution in [1.29, 1.82) is 0 Å². The molecule has 3 atom stereocenters. The number of benzene rings is 1. The van der Waals surface area contributed by atoms with Crippen molar-refractivity contribution in [3.63, 3.8) is 0 Å². The number of hydrogen-bond acceptors (Lipinski definition) is 2. The van der Waals surface area contributed by atoms with Crippen molar-refractivity contribution in [2.75, 3.05) is 19.6 Å². The van der Waals surface area contributed by atoms with Gasteiger partial charge in [0.1, 0.15) is 0 Å². The Labute approximate surface area is 116 Å². The van der Waals surface area contributed by atoms with Crippen LogP contribution >= 0.6 is 0 Å². The molecule has 1 saturated carbocycles. The predicted molar refractivity (Wildman–Crippen MR) is 78.4 cm³/mol. The molecule has 0 radical (unpaired) electrons. The molecule has 1 N–H and O–H groups in total. The quantitative estimate of drug-likeness (QED) is 0.893. The summed E-state index contributed by atoms with van der Waals surface area (Å²) >= 11 is 0. The van der Waals surface area contributed by atoms with Crippen LogP contribution in [0.4, 0.5) is 0 Å². The Morgan fingerprint density at radius 3 is 2.89 bits per heavy atom. The molecule has 0 aromatic heterocycles. The number of fused-ring (bicyclic) bond motifs is 1. The van der Waals surface area contributed by atoms with Crippen LogP contribution in [0.25, 0.3) is 0 Å². The van der Waals surface area contributed by atoms with E-state index in [0.29, 0.717) is 6.04 Å². The molecular formula is C17H24N2. The molecule has 3 aliphatic rings. The maximum Gasteiger partial charge on any atom is 0.0249 e. The molecule has 4 rings (SSSR count). The van der Waals surface area contributed by atoms with Crippen molar-refractivity contribution in [2.45, 2.75) is 44.2 Å². The molecule has 0 bridgehead atoms. The van der Waals surface area contributed by atoms with Crippen molar-refractivity contribution in [3.05, 3.63) is 35.4 Å². The standard InChI is InChI=1S/C17H24N2/c1-12-10-19(17(9-18-12)13-6-7-13)11-15-8-14-4-2-3-5-16(14)15/h2-5,12-13,15,17-18H,6-11H2,1H3. The van der Waals surface area contributed by atoms with Gasteiger partial charge in [0.25, 0.3) is 0 Å². The molecule has 19 heavy (non-hydrogen) atoms. The Bertz CT molecular complexity index is 466. The minimum atomic E-state index is 0.658. The van der Waals surface area contributed by atoms with E-state index in [-0.39, 0.29) is 0 Å². The van der Waals surface area contributed by atoms with E-state index >= 15 is 0 Å². The van der Waals surface area contributed by atoms with Crippen LogP contribution in [-0.2, 0) is 6.42 Å². The molecular weight excluding hydrogens is 232 g/mol. The molecule has 1 heterocycles. The third-order valence-electron chi connectivity index (χ3n) is 5.24. The Hall–Kier alpha value is -0.860. The van der Waals surface area contributed by atoms with Gasteiger partial charge in [-0.15, -0.1) is 0 Å². The van der Waals surface area contributed by atoms with Crippen LogP contribution < -0.4 is 5.32 Å². The Balaban J connectivity index is 1.46. The van der Waals surface area contributed by atoms with Gasteiger partial charge in [0.2, 0.25) is 0 Å². The summed E-state index contributed by atoms with van der Waals surface area (Å²) in [6, 6.07) is 10.5. The van der Waals surface area contributed by atoms with Gasteiger partial charge in [-0.2, -0.15) is 0 Å². The lowest BCUT2D eigenvalue weighted by Gasteiger charge is -2.43. The van der Waals surface area contributed by atoms with Gasteiger partial charge in [0, 0.05) is 37.6 Å². The number of piperazine rings is 1. The highest BCUT2D eigenvalue weighted by atomic mass is 15.2. The third kappa shape index (κ3) is 2.21. The van der Waals surface area contributed by atoms with E-state index in [4.69, 9.17) is 0 Å². The molecule has 1 aromatic carbocycles. The van der Waals surface area contributed by atoms with E-state index in [1.165, 1.54) is 38.9 Å². The maximum absolute atomic E-state index is 3.67. The van der Waals surface area contributed by atoms with Gasteiger partial charge in [-0.25, -0.2) is 0 Å². The normalized spacial score (nSPS) is 34.7. The number of rotatable bonds is 3. The Morgan fingerprint density at radius 1 is 1.26 bits per heavy atom. The summed E-state index contributed by atoms with van der Waals surface area (Å²) in [5, 5.41) is 3.67. The van der Waals surface area contributed by atoms with Gasteiger partial charge >= 0.3 is 0 Å². The van der Waals surface area contributed by atoms with Crippen LogP contribution in [0.3, 0.4) is 0 Å². The van der Waals surface area contributed by atoms with E-state index in [2.05, 4.69) is 41.4 Å². The summed E-state index contributed by atoms with van der Waals surface area (Å²) in [5.41, 5.74) is 3.20. The zero-order valence-electron chi connectivity index (χ0n) is 11.8. The van der Waals surface area contributed by atoms with Crippen LogP contribution in [0.2, 0.25) is 0 Å². The number of nitrogens with one attached hydrogen (secondary N) is 1. The number of hydrogen-bond donors (Lipinski definition) is 1. The average molecular weight is 256 g/mol. The van der Waals surface area contributed by atoms with Crippen molar-refractivity contribution in [1.82, 2.24) is 10.2 Å². The first kappa shape index (κ1) is 11.9. The molecule has 2 nitrogen and oxygen atoms in total. The minimum absolute atomic E-state index is 0.658. The molecule has 102 valence electrons. The summed E-state index contributed by atoms with van der Waals surface area (Å²) in [6.07, 6.45) is 4.21. The summed E-state index contributed by atoms with van der Waals surface area (Å²) in [7, 11) is 0. The van der Waals surface area contributed by atoms with Gasteiger partial charge in [0.05, 0.1) is 0 Å². The SMILES string of the molecule is CC1CN(CC2Cc3ccccc32)C(C2CC2)CN1. The number of nitrogens with zero attached hydrogens (tertiary/aromatic N) is 1. The highest BCUT2D eigenvalue weighted by Gasteiger charge is 2.39. The molecule has 0 spiro atoms. The highest BCUT2D eigenvalue weighted by Crippen LogP contribution is 2.40. The van der Waals surface area contributed by atoms with Crippen molar-refractivity contribution in [3.8, 4) is 0 Å². The second-order valence-electron chi connectivity index (χ2n) is 6.77. The predicted octanol–water partition coefficient (Wildman–Crippen LogP) is 2.40. The van der Waals surface area contributed by atoms with Crippen LogP contribution in [0, 0.1) is 5.92 Å². The van der Waals surface area contributed by atoms with Crippen LogP contribution in [0.1, 0.15) is 36.8 Å². The lowest BCUT2D eigenvalue weighted by Crippen LogP contribution is -2.57. The molecule has 1 aliphatic heterocycles. The smallest absolute Gasteiger partial charge is 0.0249 e. The molecule has 2 heteroatoms. The second kappa shape index (κ2) is 4.60. The first-order valence-electron chi connectivity index (χ1n) is 7.86. The fraction of sp³-hybridized carbons (Fsp3) is 0.647. The summed E-state index contributed by atoms with van der Waals surface area (Å²) in [5.74, 6) is 1.78. The molecule has 0 amide bonds. The van der Waals surface area contributed by atoms with E-state index < -0.39 is 0 Å². The van der Waals surface area contributed by atoms with Crippen molar-refractivity contribution < 1.29 is 0 Å². The van der Waals surface area contributed by atoms with Gasteiger partial charge < -0.3 is 5.32 Å². The zero-order valence-corrected chi connectivity index (χ0v) is 11.8. The van der Waals surface area contributed by atoms with Gasteiger partial charge in [0.15, 0.2) is 0 Å². The first-order valence-corrected chi connectivity index (χ1v) is 7.86. The van der Waals surface area contributed by atoms with E-state index in [1.807, 2.05) is 0 Å². The maximum atomic E-state index is 3.67. The Kier molecular flexibility index (Phi) is 2.89. The zero-order chi connectivity index (χ0) is 12.8. The fourth-order valence-corrected chi connectivity index (χ4v) is 3.97. The molecule has 1 aromatic rings. The van der Waals surface area contributed by atoms with Crippen LogP contribution in [0.15, 0.2) is 24.3 Å². The van der Waals surface area contributed by atoms with Crippen LogP contribution in [0.5, 0.6) is 0 Å². The van der Waals surface area contributed by atoms with Crippen LogP contribution in [-0.4, -0.2) is 36.6 Å². The molecule has 2 fully saturated rings. The van der Waals surface area contributed by atoms with Gasteiger partial charge in [-0.3, -0.25) is 4.90 Å². The van der Waals surface area contributed by atoms with E-state index in [0.717, 1.165) is 17.9 Å². The monoisotopic (exact) mass is 256 g/mol. The summed E-state index contributed by atoms with van der Waals surface area (Å²) in [4.78, 5) is 2.79.